The van der Waals surface area contributed by atoms with Crippen LogP contribution in [0.5, 0.6) is 5.75 Å². The second kappa shape index (κ2) is 8.30. The molecule has 4 heteroatoms. The minimum Gasteiger partial charge on any atom is -0.497 e. The molecule has 0 saturated carbocycles. The smallest absolute Gasteiger partial charge is 0.244 e. The number of pyridine rings is 1. The number of ether oxygens (including phenoxy) is 1. The third-order valence-electron chi connectivity index (χ3n) is 4.14. The third kappa shape index (κ3) is 4.48. The quantitative estimate of drug-likeness (QED) is 0.686. The molecule has 0 saturated heterocycles. The highest BCUT2D eigenvalue weighted by molar-refractivity contribution is 5.95. The highest BCUT2D eigenvalue weighted by atomic mass is 16.5. The van der Waals surface area contributed by atoms with E-state index < -0.39 is 0 Å². The van der Waals surface area contributed by atoms with Gasteiger partial charge in [0.2, 0.25) is 5.91 Å². The summed E-state index contributed by atoms with van der Waals surface area (Å²) in [7, 11) is 1.65. The van der Waals surface area contributed by atoms with Crippen LogP contribution in [-0.4, -0.2) is 24.0 Å². The lowest BCUT2D eigenvalue weighted by Crippen LogP contribution is -2.32. The van der Waals surface area contributed by atoms with Gasteiger partial charge in [-0.05, 0) is 43.2 Å². The summed E-state index contributed by atoms with van der Waals surface area (Å²) < 4.78 is 5.24. The van der Waals surface area contributed by atoms with Crippen molar-refractivity contribution in [1.29, 1.82) is 0 Å². The van der Waals surface area contributed by atoms with Gasteiger partial charge in [0.05, 0.1) is 12.6 Å². The molecule has 1 amide bonds. The number of nitrogens with zero attached hydrogens (tertiary/aromatic N) is 1. The van der Waals surface area contributed by atoms with Crippen molar-refractivity contribution in [2.24, 2.45) is 0 Å². The topological polar surface area (TPSA) is 51.2 Å². The maximum Gasteiger partial charge on any atom is 0.244 e. The van der Waals surface area contributed by atoms with E-state index in [2.05, 4.69) is 10.3 Å². The molecule has 4 nitrogen and oxygen atoms in total. The molecule has 0 aliphatic rings. The van der Waals surface area contributed by atoms with Gasteiger partial charge in [-0.25, -0.2) is 0 Å². The molecule has 3 aromatic rings. The van der Waals surface area contributed by atoms with Gasteiger partial charge < -0.3 is 10.1 Å². The number of carbonyl (C=O) groups excluding carboxylic acids is 1. The summed E-state index contributed by atoms with van der Waals surface area (Å²) in [4.78, 5) is 16.6. The Kier molecular flexibility index (Phi) is 5.64. The molecule has 132 valence electrons. The first-order chi connectivity index (χ1) is 12.7. The number of hydrogen-bond donors (Lipinski definition) is 1. The first kappa shape index (κ1) is 17.7. The molecular weight excluding hydrogens is 324 g/mol. The van der Waals surface area contributed by atoms with Crippen molar-refractivity contribution < 1.29 is 9.53 Å². The Morgan fingerprint density at radius 1 is 1.19 bits per heavy atom. The van der Waals surface area contributed by atoms with Gasteiger partial charge in [-0.3, -0.25) is 9.78 Å². The van der Waals surface area contributed by atoms with E-state index in [1.54, 1.807) is 19.4 Å². The normalized spacial score (nSPS) is 12.2. The number of carbonyl (C=O) groups is 1. The molecule has 0 radical (unpaired) electrons. The molecule has 1 aromatic heterocycles. The van der Waals surface area contributed by atoms with E-state index in [-0.39, 0.29) is 11.9 Å². The summed E-state index contributed by atoms with van der Waals surface area (Å²) in [5, 5.41) is 4.05. The van der Waals surface area contributed by atoms with Crippen molar-refractivity contribution in [3.8, 4) is 5.75 Å². The molecule has 0 aliphatic heterocycles. The summed E-state index contributed by atoms with van der Waals surface area (Å²) in [6.07, 6.45) is 5.87. The van der Waals surface area contributed by atoms with E-state index in [1.807, 2.05) is 67.6 Å². The average molecular weight is 346 g/mol. The van der Waals surface area contributed by atoms with E-state index >= 15 is 0 Å². The van der Waals surface area contributed by atoms with Gasteiger partial charge in [0.1, 0.15) is 5.75 Å². The largest absolute Gasteiger partial charge is 0.497 e. The van der Waals surface area contributed by atoms with Crippen LogP contribution >= 0.6 is 0 Å². The van der Waals surface area contributed by atoms with E-state index in [0.717, 1.165) is 34.2 Å². The summed E-state index contributed by atoms with van der Waals surface area (Å²) in [5.74, 6) is 0.706. The Bertz CT molecular complexity index is 929. The maximum atomic E-state index is 12.2. The van der Waals surface area contributed by atoms with Gasteiger partial charge in [0, 0.05) is 29.3 Å². The third-order valence-corrected chi connectivity index (χ3v) is 4.14. The van der Waals surface area contributed by atoms with Crippen LogP contribution in [0.3, 0.4) is 0 Å². The first-order valence-electron chi connectivity index (χ1n) is 8.61. The minimum atomic E-state index is -0.117. The Hall–Kier alpha value is -3.14. The molecule has 0 fully saturated rings. The molecule has 2 aromatic carbocycles. The molecule has 1 heterocycles. The Labute approximate surface area is 153 Å². The van der Waals surface area contributed by atoms with Crippen LogP contribution < -0.4 is 10.1 Å². The summed E-state index contributed by atoms with van der Waals surface area (Å²) in [5.41, 5.74) is 2.95. The monoisotopic (exact) mass is 346 g/mol. The van der Waals surface area contributed by atoms with Crippen LogP contribution in [0, 0.1) is 0 Å². The number of benzene rings is 2. The number of fused-ring (bicyclic) bond motifs is 1. The van der Waals surface area contributed by atoms with Gasteiger partial charge in [-0.15, -0.1) is 0 Å². The van der Waals surface area contributed by atoms with Crippen LogP contribution in [0.4, 0.5) is 0 Å². The Morgan fingerprint density at radius 2 is 2.00 bits per heavy atom. The van der Waals surface area contributed by atoms with Crippen molar-refractivity contribution in [3.05, 3.63) is 78.0 Å². The maximum absolute atomic E-state index is 12.2. The van der Waals surface area contributed by atoms with Crippen LogP contribution in [0.2, 0.25) is 0 Å². The van der Waals surface area contributed by atoms with Gasteiger partial charge in [0.15, 0.2) is 0 Å². The predicted octanol–water partition coefficient (Wildman–Crippen LogP) is 4.00. The van der Waals surface area contributed by atoms with E-state index in [9.17, 15) is 4.79 Å². The zero-order valence-corrected chi connectivity index (χ0v) is 15.0. The fraction of sp³-hybridized carbons (Fsp3) is 0.182. The number of para-hydroxylation sites is 1. The van der Waals surface area contributed by atoms with Gasteiger partial charge in [-0.2, -0.15) is 0 Å². The van der Waals surface area contributed by atoms with Crippen molar-refractivity contribution in [2.45, 2.75) is 19.4 Å². The van der Waals surface area contributed by atoms with E-state index in [1.165, 1.54) is 0 Å². The van der Waals surface area contributed by atoms with Crippen LogP contribution in [-0.2, 0) is 11.2 Å². The lowest BCUT2D eigenvalue weighted by atomic mass is 10.1. The van der Waals surface area contributed by atoms with Crippen molar-refractivity contribution in [3.63, 3.8) is 0 Å². The molecule has 3 rings (SSSR count). The van der Waals surface area contributed by atoms with Crippen molar-refractivity contribution in [1.82, 2.24) is 10.3 Å². The van der Waals surface area contributed by atoms with E-state index in [4.69, 9.17) is 4.74 Å². The molecule has 1 N–H and O–H groups in total. The molecule has 1 unspecified atom stereocenters. The highest BCUT2D eigenvalue weighted by Gasteiger charge is 2.07. The van der Waals surface area contributed by atoms with Crippen molar-refractivity contribution >= 4 is 22.9 Å². The fourth-order valence-electron chi connectivity index (χ4n) is 2.92. The number of rotatable bonds is 6. The average Bonchev–Trinajstić information content (AvgIpc) is 2.66. The van der Waals surface area contributed by atoms with Crippen LogP contribution in [0.25, 0.3) is 17.0 Å². The number of methoxy groups -OCH3 is 1. The summed E-state index contributed by atoms with van der Waals surface area (Å²) >= 11 is 0. The van der Waals surface area contributed by atoms with Crippen molar-refractivity contribution in [2.75, 3.05) is 7.11 Å². The summed E-state index contributed by atoms with van der Waals surface area (Å²) in [6.45, 7) is 1.99. The first-order valence-corrected chi connectivity index (χ1v) is 8.61. The summed E-state index contributed by atoms with van der Waals surface area (Å²) in [6, 6.07) is 17.7. The van der Waals surface area contributed by atoms with E-state index in [0.29, 0.717) is 0 Å². The molecular formula is C22H22N2O2. The van der Waals surface area contributed by atoms with Gasteiger partial charge >= 0.3 is 0 Å². The zero-order valence-electron chi connectivity index (χ0n) is 15.0. The van der Waals surface area contributed by atoms with Crippen LogP contribution in [0.15, 0.2) is 66.9 Å². The molecule has 0 bridgehead atoms. The predicted molar refractivity (Wildman–Crippen MR) is 105 cm³/mol. The van der Waals surface area contributed by atoms with Crippen LogP contribution in [0.1, 0.15) is 18.1 Å². The highest BCUT2D eigenvalue weighted by Crippen LogP contribution is 2.17. The molecule has 1 atom stereocenters. The molecule has 0 spiro atoms. The lowest BCUT2D eigenvalue weighted by Gasteiger charge is -2.13. The van der Waals surface area contributed by atoms with Gasteiger partial charge in [-0.1, -0.05) is 36.4 Å². The number of hydrogen-bond acceptors (Lipinski definition) is 3. The fourth-order valence-corrected chi connectivity index (χ4v) is 2.92. The number of amides is 1. The Balaban J connectivity index is 1.63. The molecule has 0 aliphatic carbocycles. The second-order valence-corrected chi connectivity index (χ2v) is 6.22. The molecule has 26 heavy (non-hydrogen) atoms. The van der Waals surface area contributed by atoms with Gasteiger partial charge in [0.25, 0.3) is 0 Å². The lowest BCUT2D eigenvalue weighted by molar-refractivity contribution is -0.117. The number of nitrogens with one attached hydrogen (secondary N) is 1. The number of aromatic nitrogens is 1. The second-order valence-electron chi connectivity index (χ2n) is 6.22. The zero-order chi connectivity index (χ0) is 18.4. The minimum absolute atomic E-state index is 0.0184. The standard InChI is InChI=1S/C22H22N2O2/c1-16(14-17-6-3-10-20(15-17)26-2)24-21(25)12-11-19-8-4-7-18-9-5-13-23-22(18)19/h3-13,15-16H,14H2,1-2H3,(H,24,25)/b12-11+. The Morgan fingerprint density at radius 3 is 2.85 bits per heavy atom. The SMILES string of the molecule is COc1cccc(CC(C)NC(=O)/C=C/c2cccc3cccnc23)c1.